The van der Waals surface area contributed by atoms with Crippen molar-refractivity contribution in [2.75, 3.05) is 0 Å². The fourth-order valence-corrected chi connectivity index (χ4v) is 1.95. The number of benzene rings is 1. The molecule has 0 fully saturated rings. The Morgan fingerprint density at radius 2 is 2.11 bits per heavy atom. The number of halogens is 1. The van der Waals surface area contributed by atoms with Gasteiger partial charge in [-0.25, -0.2) is 4.79 Å². The quantitative estimate of drug-likeness (QED) is 0.938. The van der Waals surface area contributed by atoms with E-state index in [2.05, 4.69) is 5.10 Å². The minimum atomic E-state index is -1.03. The maximum Gasteiger partial charge on any atom is 0.335 e. The van der Waals surface area contributed by atoms with Gasteiger partial charge >= 0.3 is 5.97 Å². The average molecular weight is 281 g/mol. The Labute approximate surface area is 115 Å². The molecule has 1 heterocycles. The number of hydrogen-bond donors (Lipinski definition) is 1. The van der Waals surface area contributed by atoms with E-state index in [1.54, 1.807) is 4.68 Å². The van der Waals surface area contributed by atoms with Crippen molar-refractivity contribution in [3.05, 3.63) is 40.2 Å². The molecule has 0 saturated heterocycles. The standard InChI is InChI=1S/C13H13ClN2O3/c1-7-12(8(2)16(3)15-7)19-11-5-4-9(13(17)18)6-10(11)14/h4-6H,1-3H3,(H,17,18). The van der Waals surface area contributed by atoms with Gasteiger partial charge in [-0.2, -0.15) is 5.10 Å². The summed E-state index contributed by atoms with van der Waals surface area (Å²) < 4.78 is 7.43. The summed E-state index contributed by atoms with van der Waals surface area (Å²) in [6.45, 7) is 3.72. The maximum absolute atomic E-state index is 10.8. The smallest absolute Gasteiger partial charge is 0.335 e. The highest BCUT2D eigenvalue weighted by atomic mass is 35.5. The van der Waals surface area contributed by atoms with Crippen LogP contribution in [0.5, 0.6) is 11.5 Å². The molecule has 0 atom stereocenters. The molecule has 0 bridgehead atoms. The summed E-state index contributed by atoms with van der Waals surface area (Å²) in [6, 6.07) is 4.35. The van der Waals surface area contributed by atoms with E-state index in [0.717, 1.165) is 11.4 Å². The molecule has 0 unspecified atom stereocenters. The first-order valence-corrected chi connectivity index (χ1v) is 5.99. The van der Waals surface area contributed by atoms with Gasteiger partial charge in [0.1, 0.15) is 11.4 Å². The number of carboxylic acid groups (broad SMARTS) is 1. The molecular weight excluding hydrogens is 268 g/mol. The zero-order valence-electron chi connectivity index (χ0n) is 10.8. The van der Waals surface area contributed by atoms with Crippen molar-refractivity contribution in [2.45, 2.75) is 13.8 Å². The van der Waals surface area contributed by atoms with Crippen molar-refractivity contribution < 1.29 is 14.6 Å². The number of nitrogens with zero attached hydrogens (tertiary/aromatic N) is 2. The van der Waals surface area contributed by atoms with Crippen LogP contribution < -0.4 is 4.74 Å². The van der Waals surface area contributed by atoms with E-state index in [0.29, 0.717) is 11.5 Å². The third-order valence-electron chi connectivity index (χ3n) is 2.83. The van der Waals surface area contributed by atoms with Crippen molar-refractivity contribution in [3.63, 3.8) is 0 Å². The van der Waals surface area contributed by atoms with Crippen LogP contribution in [0.25, 0.3) is 0 Å². The van der Waals surface area contributed by atoms with Crippen molar-refractivity contribution in [2.24, 2.45) is 7.05 Å². The number of ether oxygens (including phenoxy) is 1. The zero-order chi connectivity index (χ0) is 14.2. The molecule has 0 saturated carbocycles. The van der Waals surface area contributed by atoms with Crippen LogP contribution >= 0.6 is 11.6 Å². The number of aromatic carboxylic acids is 1. The van der Waals surface area contributed by atoms with Gasteiger partial charge in [-0.1, -0.05) is 11.6 Å². The molecule has 0 amide bonds. The minimum absolute atomic E-state index is 0.122. The van der Waals surface area contributed by atoms with Crippen LogP contribution in [0.4, 0.5) is 0 Å². The molecule has 1 N–H and O–H groups in total. The highest BCUT2D eigenvalue weighted by Crippen LogP contribution is 2.33. The molecule has 1 aromatic heterocycles. The number of aromatic nitrogens is 2. The van der Waals surface area contributed by atoms with E-state index < -0.39 is 5.97 Å². The molecule has 19 heavy (non-hydrogen) atoms. The lowest BCUT2D eigenvalue weighted by atomic mass is 10.2. The minimum Gasteiger partial charge on any atom is -0.478 e. The third-order valence-corrected chi connectivity index (χ3v) is 3.13. The molecule has 0 aliphatic rings. The molecule has 0 radical (unpaired) electrons. The first kappa shape index (κ1) is 13.4. The molecule has 0 spiro atoms. The molecule has 2 rings (SSSR count). The van der Waals surface area contributed by atoms with Crippen LogP contribution in [0, 0.1) is 13.8 Å². The molecule has 0 aliphatic carbocycles. The Kier molecular flexibility index (Phi) is 3.48. The number of carbonyl (C=O) groups is 1. The lowest BCUT2D eigenvalue weighted by Crippen LogP contribution is -1.97. The van der Waals surface area contributed by atoms with E-state index in [1.165, 1.54) is 18.2 Å². The number of aryl methyl sites for hydroxylation is 2. The van der Waals surface area contributed by atoms with Gasteiger partial charge in [-0.3, -0.25) is 4.68 Å². The Morgan fingerprint density at radius 3 is 2.58 bits per heavy atom. The van der Waals surface area contributed by atoms with Gasteiger partial charge in [0, 0.05) is 7.05 Å². The normalized spacial score (nSPS) is 10.5. The van der Waals surface area contributed by atoms with Gasteiger partial charge in [0.2, 0.25) is 0 Å². The van der Waals surface area contributed by atoms with Gasteiger partial charge in [-0.05, 0) is 32.0 Å². The Hall–Kier alpha value is -2.01. The van der Waals surface area contributed by atoms with E-state index in [9.17, 15) is 4.79 Å². The van der Waals surface area contributed by atoms with E-state index in [4.69, 9.17) is 21.4 Å². The fraction of sp³-hybridized carbons (Fsp3) is 0.231. The van der Waals surface area contributed by atoms with Crippen LogP contribution in [-0.4, -0.2) is 20.9 Å². The van der Waals surface area contributed by atoms with Crippen LogP contribution in [-0.2, 0) is 7.05 Å². The number of rotatable bonds is 3. The Balaban J connectivity index is 2.36. The Morgan fingerprint density at radius 1 is 1.42 bits per heavy atom. The van der Waals surface area contributed by atoms with E-state index in [1.807, 2.05) is 20.9 Å². The highest BCUT2D eigenvalue weighted by molar-refractivity contribution is 6.32. The summed E-state index contributed by atoms with van der Waals surface area (Å²) >= 11 is 6.02. The van der Waals surface area contributed by atoms with Crippen LogP contribution in [0.2, 0.25) is 5.02 Å². The first-order valence-electron chi connectivity index (χ1n) is 5.61. The summed E-state index contributed by atoms with van der Waals surface area (Å²) in [5.74, 6) is 0.0144. The Bertz CT molecular complexity index is 650. The number of hydrogen-bond acceptors (Lipinski definition) is 3. The second-order valence-electron chi connectivity index (χ2n) is 4.18. The predicted octanol–water partition coefficient (Wildman–Crippen LogP) is 3.18. The maximum atomic E-state index is 10.8. The van der Waals surface area contributed by atoms with Gasteiger partial charge < -0.3 is 9.84 Å². The summed E-state index contributed by atoms with van der Waals surface area (Å²) in [4.78, 5) is 10.8. The summed E-state index contributed by atoms with van der Waals surface area (Å²) in [5, 5.41) is 13.4. The summed E-state index contributed by atoms with van der Waals surface area (Å²) in [7, 11) is 1.82. The highest BCUT2D eigenvalue weighted by Gasteiger charge is 2.14. The average Bonchev–Trinajstić information content (AvgIpc) is 2.58. The third kappa shape index (κ3) is 2.56. The predicted molar refractivity (Wildman–Crippen MR) is 71.2 cm³/mol. The van der Waals surface area contributed by atoms with Crippen molar-refractivity contribution >= 4 is 17.6 Å². The SMILES string of the molecule is Cc1nn(C)c(C)c1Oc1ccc(C(=O)O)cc1Cl. The fourth-order valence-electron chi connectivity index (χ4n) is 1.73. The van der Waals surface area contributed by atoms with E-state index in [-0.39, 0.29) is 10.6 Å². The van der Waals surface area contributed by atoms with E-state index >= 15 is 0 Å². The van der Waals surface area contributed by atoms with Crippen molar-refractivity contribution in [3.8, 4) is 11.5 Å². The molecule has 100 valence electrons. The van der Waals surface area contributed by atoms with Gasteiger partial charge in [0.25, 0.3) is 0 Å². The molecule has 1 aromatic carbocycles. The lowest BCUT2D eigenvalue weighted by Gasteiger charge is -2.08. The van der Waals surface area contributed by atoms with Crippen molar-refractivity contribution in [1.82, 2.24) is 9.78 Å². The summed E-state index contributed by atoms with van der Waals surface area (Å²) in [5.41, 5.74) is 1.74. The van der Waals surface area contributed by atoms with Crippen LogP contribution in [0.3, 0.4) is 0 Å². The second-order valence-corrected chi connectivity index (χ2v) is 4.58. The molecule has 6 heteroatoms. The van der Waals surface area contributed by atoms with Crippen molar-refractivity contribution in [1.29, 1.82) is 0 Å². The van der Waals surface area contributed by atoms with Gasteiger partial charge in [0.15, 0.2) is 5.75 Å². The van der Waals surface area contributed by atoms with Gasteiger partial charge in [-0.15, -0.1) is 0 Å². The van der Waals surface area contributed by atoms with Gasteiger partial charge in [0.05, 0.1) is 16.3 Å². The molecule has 2 aromatic rings. The summed E-state index contributed by atoms with van der Waals surface area (Å²) in [6.07, 6.45) is 0. The second kappa shape index (κ2) is 4.93. The topological polar surface area (TPSA) is 64.4 Å². The first-order chi connectivity index (χ1) is 8.90. The zero-order valence-corrected chi connectivity index (χ0v) is 11.5. The number of carboxylic acids is 1. The molecule has 0 aliphatic heterocycles. The van der Waals surface area contributed by atoms with Crippen LogP contribution in [0.1, 0.15) is 21.7 Å². The lowest BCUT2D eigenvalue weighted by molar-refractivity contribution is 0.0697. The largest absolute Gasteiger partial charge is 0.478 e. The molecular formula is C13H13ClN2O3. The molecule has 5 nitrogen and oxygen atoms in total. The monoisotopic (exact) mass is 280 g/mol. The van der Waals surface area contributed by atoms with Crippen LogP contribution in [0.15, 0.2) is 18.2 Å².